The number of para-hydroxylation sites is 1. The second kappa shape index (κ2) is 8.29. The first-order valence-electron chi connectivity index (χ1n) is 9.68. The summed E-state index contributed by atoms with van der Waals surface area (Å²) in [6.45, 7) is 2.70. The number of anilines is 1. The van der Waals surface area contributed by atoms with Gasteiger partial charge in [-0.05, 0) is 55.7 Å². The molecule has 1 unspecified atom stereocenters. The molecule has 1 aromatic heterocycles. The Kier molecular flexibility index (Phi) is 5.58. The van der Waals surface area contributed by atoms with Crippen molar-refractivity contribution < 1.29 is 9.53 Å². The summed E-state index contributed by atoms with van der Waals surface area (Å²) in [6, 6.07) is 15.9. The zero-order valence-corrected chi connectivity index (χ0v) is 17.6. The van der Waals surface area contributed by atoms with Crippen molar-refractivity contribution in [3.05, 3.63) is 54.1 Å². The molecule has 0 bridgehead atoms. The van der Waals surface area contributed by atoms with Crippen molar-refractivity contribution >= 4 is 23.4 Å². The summed E-state index contributed by atoms with van der Waals surface area (Å²) in [5.41, 5.74) is 3.23. The van der Waals surface area contributed by atoms with Crippen molar-refractivity contribution in [1.29, 1.82) is 0 Å². The highest BCUT2D eigenvalue weighted by atomic mass is 32.2. The smallest absolute Gasteiger partial charge is 0.240 e. The van der Waals surface area contributed by atoms with Crippen LogP contribution in [0.4, 0.5) is 5.69 Å². The number of carbonyl (C=O) groups excluding carboxylic acids is 1. The minimum Gasteiger partial charge on any atom is -0.497 e. The molecule has 150 valence electrons. The van der Waals surface area contributed by atoms with Gasteiger partial charge in [-0.15, -0.1) is 10.2 Å². The largest absolute Gasteiger partial charge is 0.497 e. The van der Waals surface area contributed by atoms with Gasteiger partial charge < -0.3 is 14.2 Å². The highest BCUT2D eigenvalue weighted by molar-refractivity contribution is 8.00. The van der Waals surface area contributed by atoms with E-state index in [9.17, 15) is 4.79 Å². The standard InChI is InChI=1S/C22H24N4O2S/c1-15(21(27)26-14-6-8-16-7-4-5-9-19(16)26)29-22-24-23-20(25(22)2)17-10-12-18(28-3)13-11-17/h4-5,7,9-13,15H,6,8,14H2,1-3H3. The Balaban J connectivity index is 1.51. The Morgan fingerprint density at radius 1 is 1.14 bits per heavy atom. The second-order valence-electron chi connectivity index (χ2n) is 7.08. The highest BCUT2D eigenvalue weighted by Gasteiger charge is 2.28. The van der Waals surface area contributed by atoms with Gasteiger partial charge in [-0.3, -0.25) is 4.79 Å². The van der Waals surface area contributed by atoms with Crippen LogP contribution >= 0.6 is 11.8 Å². The average molecular weight is 409 g/mol. The van der Waals surface area contributed by atoms with Crippen molar-refractivity contribution in [2.45, 2.75) is 30.2 Å². The average Bonchev–Trinajstić information content (AvgIpc) is 3.12. The van der Waals surface area contributed by atoms with Crippen LogP contribution in [0.3, 0.4) is 0 Å². The van der Waals surface area contributed by atoms with E-state index >= 15 is 0 Å². The Bertz CT molecular complexity index is 1020. The molecule has 1 amide bonds. The van der Waals surface area contributed by atoms with Crippen LogP contribution in [-0.2, 0) is 18.3 Å². The van der Waals surface area contributed by atoms with E-state index in [1.165, 1.54) is 17.3 Å². The van der Waals surface area contributed by atoms with Gasteiger partial charge in [-0.25, -0.2) is 0 Å². The topological polar surface area (TPSA) is 60.3 Å². The van der Waals surface area contributed by atoms with E-state index < -0.39 is 0 Å². The number of ether oxygens (including phenoxy) is 1. The van der Waals surface area contributed by atoms with Gasteiger partial charge in [0.2, 0.25) is 5.91 Å². The van der Waals surface area contributed by atoms with Crippen molar-refractivity contribution in [3.8, 4) is 17.1 Å². The van der Waals surface area contributed by atoms with Crippen molar-refractivity contribution in [1.82, 2.24) is 14.8 Å². The van der Waals surface area contributed by atoms with E-state index in [4.69, 9.17) is 4.74 Å². The molecule has 0 saturated heterocycles. The molecule has 1 aliphatic heterocycles. The number of aryl methyl sites for hydroxylation is 1. The van der Waals surface area contributed by atoms with Crippen LogP contribution in [0.15, 0.2) is 53.7 Å². The molecule has 1 atom stereocenters. The summed E-state index contributed by atoms with van der Waals surface area (Å²) in [4.78, 5) is 15.1. The van der Waals surface area contributed by atoms with E-state index in [1.807, 2.05) is 65.9 Å². The molecule has 6 nitrogen and oxygen atoms in total. The lowest BCUT2D eigenvalue weighted by Crippen LogP contribution is -2.40. The molecule has 0 aliphatic carbocycles. The molecule has 3 aromatic rings. The fourth-order valence-electron chi connectivity index (χ4n) is 3.60. The zero-order valence-electron chi connectivity index (χ0n) is 16.8. The van der Waals surface area contributed by atoms with Crippen LogP contribution in [0, 0.1) is 0 Å². The Morgan fingerprint density at radius 2 is 1.90 bits per heavy atom. The normalized spacial score (nSPS) is 14.4. The van der Waals surface area contributed by atoms with Gasteiger partial charge in [0.25, 0.3) is 0 Å². The van der Waals surface area contributed by atoms with Crippen LogP contribution in [0.5, 0.6) is 5.75 Å². The number of benzene rings is 2. The van der Waals surface area contributed by atoms with E-state index in [0.29, 0.717) is 0 Å². The van der Waals surface area contributed by atoms with Gasteiger partial charge in [0.15, 0.2) is 11.0 Å². The van der Waals surface area contributed by atoms with Crippen LogP contribution in [-0.4, -0.2) is 39.6 Å². The van der Waals surface area contributed by atoms with Gasteiger partial charge >= 0.3 is 0 Å². The Morgan fingerprint density at radius 3 is 2.66 bits per heavy atom. The number of aromatic nitrogens is 3. The molecule has 1 aliphatic rings. The molecule has 7 heteroatoms. The molecule has 0 fully saturated rings. The highest BCUT2D eigenvalue weighted by Crippen LogP contribution is 2.31. The number of rotatable bonds is 5. The van der Waals surface area contributed by atoms with Gasteiger partial charge in [0, 0.05) is 24.8 Å². The minimum absolute atomic E-state index is 0.108. The second-order valence-corrected chi connectivity index (χ2v) is 8.38. The van der Waals surface area contributed by atoms with Gasteiger partial charge in [-0.2, -0.15) is 0 Å². The summed E-state index contributed by atoms with van der Waals surface area (Å²) >= 11 is 1.44. The summed E-state index contributed by atoms with van der Waals surface area (Å²) in [7, 11) is 3.57. The third-order valence-electron chi connectivity index (χ3n) is 5.19. The lowest BCUT2D eigenvalue weighted by Gasteiger charge is -2.31. The lowest BCUT2D eigenvalue weighted by atomic mass is 10.0. The number of hydrogen-bond acceptors (Lipinski definition) is 5. The fraction of sp³-hybridized carbons (Fsp3) is 0.318. The monoisotopic (exact) mass is 408 g/mol. The third-order valence-corrected chi connectivity index (χ3v) is 6.31. The van der Waals surface area contributed by atoms with Crippen LogP contribution in [0.25, 0.3) is 11.4 Å². The maximum atomic E-state index is 13.2. The summed E-state index contributed by atoms with van der Waals surface area (Å²) < 4.78 is 7.14. The SMILES string of the molecule is COc1ccc(-c2nnc(SC(C)C(=O)N3CCCc4ccccc43)n2C)cc1. The molecule has 0 N–H and O–H groups in total. The zero-order chi connectivity index (χ0) is 20.4. The number of methoxy groups -OCH3 is 1. The first-order chi connectivity index (χ1) is 14.1. The predicted octanol–water partition coefficient (Wildman–Crippen LogP) is 3.95. The van der Waals surface area contributed by atoms with Crippen molar-refractivity contribution in [2.24, 2.45) is 7.05 Å². The number of carbonyl (C=O) groups is 1. The molecular formula is C22H24N4O2S. The first-order valence-corrected chi connectivity index (χ1v) is 10.6. The third kappa shape index (κ3) is 3.87. The van der Waals surface area contributed by atoms with Crippen molar-refractivity contribution in [2.75, 3.05) is 18.6 Å². The number of thioether (sulfide) groups is 1. The summed E-state index contributed by atoms with van der Waals surface area (Å²) in [6.07, 6.45) is 2.02. The molecule has 0 saturated carbocycles. The minimum atomic E-state index is -0.257. The first kappa shape index (κ1) is 19.5. The van der Waals surface area contributed by atoms with Crippen LogP contribution in [0.1, 0.15) is 18.9 Å². The quantitative estimate of drug-likeness (QED) is 0.598. The van der Waals surface area contributed by atoms with Gasteiger partial charge in [0.1, 0.15) is 5.75 Å². The van der Waals surface area contributed by atoms with E-state index in [-0.39, 0.29) is 11.2 Å². The summed E-state index contributed by atoms with van der Waals surface area (Å²) in [5, 5.41) is 9.12. The molecule has 2 heterocycles. The molecular weight excluding hydrogens is 384 g/mol. The lowest BCUT2D eigenvalue weighted by molar-refractivity contribution is -0.117. The van der Waals surface area contributed by atoms with Crippen LogP contribution < -0.4 is 9.64 Å². The number of hydrogen-bond donors (Lipinski definition) is 0. The van der Waals surface area contributed by atoms with E-state index in [2.05, 4.69) is 16.3 Å². The Labute approximate surface area is 174 Å². The predicted molar refractivity (Wildman–Crippen MR) is 115 cm³/mol. The number of fused-ring (bicyclic) bond motifs is 1. The molecule has 0 radical (unpaired) electrons. The fourth-order valence-corrected chi connectivity index (χ4v) is 4.48. The van der Waals surface area contributed by atoms with Crippen LogP contribution in [0.2, 0.25) is 0 Å². The van der Waals surface area contributed by atoms with Crippen molar-refractivity contribution in [3.63, 3.8) is 0 Å². The van der Waals surface area contributed by atoms with E-state index in [0.717, 1.165) is 47.4 Å². The number of nitrogens with zero attached hydrogens (tertiary/aromatic N) is 4. The van der Waals surface area contributed by atoms with Gasteiger partial charge in [0.05, 0.1) is 12.4 Å². The van der Waals surface area contributed by atoms with Gasteiger partial charge in [-0.1, -0.05) is 30.0 Å². The molecule has 29 heavy (non-hydrogen) atoms. The maximum Gasteiger partial charge on any atom is 0.240 e. The molecule has 0 spiro atoms. The number of amides is 1. The van der Waals surface area contributed by atoms with E-state index in [1.54, 1.807) is 7.11 Å². The summed E-state index contributed by atoms with van der Waals surface area (Å²) in [5.74, 6) is 1.67. The molecule has 2 aromatic carbocycles. The Hall–Kier alpha value is -2.80. The maximum absolute atomic E-state index is 13.2. The molecule has 4 rings (SSSR count).